The summed E-state index contributed by atoms with van der Waals surface area (Å²) in [6.45, 7) is -0.244. The molecule has 0 bridgehead atoms. The van der Waals surface area contributed by atoms with Crippen LogP contribution in [0.3, 0.4) is 0 Å². The van der Waals surface area contributed by atoms with E-state index in [4.69, 9.17) is 11.6 Å². The average Bonchev–Trinajstić information content (AvgIpc) is 3.41. The second-order valence-electron chi connectivity index (χ2n) is 7.44. The highest BCUT2D eigenvalue weighted by molar-refractivity contribution is 6.30. The van der Waals surface area contributed by atoms with E-state index in [9.17, 15) is 27.6 Å². The number of nitrogens with one attached hydrogen (secondary N) is 3. The first-order valence-electron chi connectivity index (χ1n) is 9.29. The summed E-state index contributed by atoms with van der Waals surface area (Å²) in [6.07, 6.45) is -2.55. The number of hydrogen-bond acceptors (Lipinski definition) is 4. The summed E-state index contributed by atoms with van der Waals surface area (Å²) in [6, 6.07) is 7.67. The number of benzene rings is 1. The number of pyridine rings is 1. The van der Waals surface area contributed by atoms with Crippen LogP contribution < -0.4 is 16.0 Å². The number of nitrogens with zero attached hydrogens (tertiary/aromatic N) is 1. The number of rotatable bonds is 5. The van der Waals surface area contributed by atoms with Crippen molar-refractivity contribution in [3.63, 3.8) is 0 Å². The van der Waals surface area contributed by atoms with Crippen molar-refractivity contribution in [2.24, 2.45) is 0 Å². The summed E-state index contributed by atoms with van der Waals surface area (Å²) >= 11 is 6.45. The van der Waals surface area contributed by atoms with Gasteiger partial charge in [-0.05, 0) is 30.5 Å². The lowest BCUT2D eigenvalue weighted by Crippen LogP contribution is -2.62. The summed E-state index contributed by atoms with van der Waals surface area (Å²) < 4.78 is 38.3. The Kier molecular flexibility index (Phi) is 4.92. The second-order valence-corrected chi connectivity index (χ2v) is 8.16. The van der Waals surface area contributed by atoms with Crippen LogP contribution in [0.5, 0.6) is 0 Å². The van der Waals surface area contributed by atoms with Crippen LogP contribution in [0.1, 0.15) is 28.9 Å². The van der Waals surface area contributed by atoms with E-state index in [1.807, 2.05) is 0 Å². The Hall–Kier alpha value is -3.14. The zero-order valence-corrected chi connectivity index (χ0v) is 16.6. The van der Waals surface area contributed by atoms with Crippen molar-refractivity contribution in [2.75, 3.05) is 6.54 Å². The van der Waals surface area contributed by atoms with Gasteiger partial charge in [0.25, 0.3) is 11.8 Å². The van der Waals surface area contributed by atoms with Crippen LogP contribution in [-0.4, -0.2) is 39.8 Å². The van der Waals surface area contributed by atoms with Gasteiger partial charge in [0, 0.05) is 17.3 Å². The molecule has 1 unspecified atom stereocenters. The summed E-state index contributed by atoms with van der Waals surface area (Å²) in [7, 11) is 0. The third-order valence-corrected chi connectivity index (χ3v) is 6.15. The Labute approximate surface area is 179 Å². The van der Waals surface area contributed by atoms with Crippen LogP contribution in [0.4, 0.5) is 18.0 Å². The zero-order valence-electron chi connectivity index (χ0n) is 15.8. The molecule has 1 aromatic carbocycles. The standard InChI is InChI=1S/C20H16ClF3N4O3/c21-18(7-8-18)19(16(30)27-17(31)28-19)10-26-15(29)13-4-2-1-3-12(13)11-5-6-14(25-9-11)20(22,23)24/h1-6,9H,7-8,10H2,(H,26,29)(H2,27,28,30,31). The lowest BCUT2D eigenvalue weighted by atomic mass is 9.92. The second kappa shape index (κ2) is 7.23. The van der Waals surface area contributed by atoms with Crippen LogP contribution >= 0.6 is 11.6 Å². The number of carbonyl (C=O) groups is 3. The third kappa shape index (κ3) is 3.71. The minimum absolute atomic E-state index is 0.170. The SMILES string of the molecule is O=C1NC(=O)C(CNC(=O)c2ccccc2-c2ccc(C(F)(F)F)nc2)(C2(Cl)CC2)N1. The van der Waals surface area contributed by atoms with Gasteiger partial charge in [0.1, 0.15) is 5.69 Å². The van der Waals surface area contributed by atoms with Gasteiger partial charge >= 0.3 is 12.2 Å². The van der Waals surface area contributed by atoms with Gasteiger partial charge in [0.05, 0.1) is 11.4 Å². The van der Waals surface area contributed by atoms with E-state index in [0.29, 0.717) is 24.0 Å². The van der Waals surface area contributed by atoms with Crippen LogP contribution in [0, 0.1) is 0 Å². The molecule has 2 aromatic rings. The molecule has 1 aromatic heterocycles. The first kappa shape index (κ1) is 21.1. The van der Waals surface area contributed by atoms with Crippen molar-refractivity contribution in [2.45, 2.75) is 29.4 Å². The fraction of sp³-hybridized carbons (Fsp3) is 0.300. The Bertz CT molecular complexity index is 1070. The molecule has 1 saturated heterocycles. The first-order chi connectivity index (χ1) is 14.6. The molecular weight excluding hydrogens is 437 g/mol. The number of aromatic nitrogens is 1. The molecule has 2 fully saturated rings. The number of carbonyl (C=O) groups excluding carboxylic acids is 3. The van der Waals surface area contributed by atoms with E-state index in [2.05, 4.69) is 20.9 Å². The molecule has 31 heavy (non-hydrogen) atoms. The van der Waals surface area contributed by atoms with Crippen LogP contribution in [-0.2, 0) is 11.0 Å². The Morgan fingerprint density at radius 3 is 2.42 bits per heavy atom. The molecule has 1 aliphatic heterocycles. The predicted octanol–water partition coefficient (Wildman–Crippen LogP) is 2.85. The van der Waals surface area contributed by atoms with E-state index in [-0.39, 0.29) is 12.1 Å². The number of imide groups is 1. The first-order valence-corrected chi connectivity index (χ1v) is 9.67. The number of urea groups is 1. The smallest absolute Gasteiger partial charge is 0.349 e. The van der Waals surface area contributed by atoms with Crippen LogP contribution in [0.15, 0.2) is 42.6 Å². The average molecular weight is 453 g/mol. The molecule has 1 atom stereocenters. The highest BCUT2D eigenvalue weighted by atomic mass is 35.5. The maximum atomic E-state index is 12.9. The number of alkyl halides is 4. The Morgan fingerprint density at radius 1 is 1.16 bits per heavy atom. The van der Waals surface area contributed by atoms with Crippen molar-refractivity contribution in [3.05, 3.63) is 53.9 Å². The summed E-state index contributed by atoms with van der Waals surface area (Å²) in [4.78, 5) is 39.4. The topological polar surface area (TPSA) is 100 Å². The quantitative estimate of drug-likeness (QED) is 0.479. The fourth-order valence-corrected chi connectivity index (χ4v) is 3.88. The Balaban J connectivity index is 1.58. The molecule has 2 heterocycles. The third-order valence-electron chi connectivity index (χ3n) is 5.45. The van der Waals surface area contributed by atoms with E-state index in [1.54, 1.807) is 18.2 Å². The van der Waals surface area contributed by atoms with Gasteiger partial charge in [0.15, 0.2) is 5.54 Å². The Morgan fingerprint density at radius 2 is 1.87 bits per heavy atom. The molecule has 4 amide bonds. The predicted molar refractivity (Wildman–Crippen MR) is 104 cm³/mol. The minimum atomic E-state index is -4.57. The van der Waals surface area contributed by atoms with E-state index < -0.39 is 40.1 Å². The highest BCUT2D eigenvalue weighted by Crippen LogP contribution is 2.51. The lowest BCUT2D eigenvalue weighted by molar-refractivity contribution is -0.141. The monoisotopic (exact) mass is 452 g/mol. The number of amides is 4. The molecule has 2 aliphatic rings. The minimum Gasteiger partial charge on any atom is -0.349 e. The van der Waals surface area contributed by atoms with E-state index in [0.717, 1.165) is 12.3 Å². The van der Waals surface area contributed by atoms with Crippen molar-refractivity contribution in [1.29, 1.82) is 0 Å². The van der Waals surface area contributed by atoms with Gasteiger partial charge in [-0.1, -0.05) is 24.3 Å². The fourth-order valence-electron chi connectivity index (χ4n) is 3.59. The van der Waals surface area contributed by atoms with Gasteiger partial charge in [-0.15, -0.1) is 11.6 Å². The normalized spacial score (nSPS) is 21.9. The molecule has 1 aliphatic carbocycles. The van der Waals surface area contributed by atoms with Gasteiger partial charge in [-0.3, -0.25) is 19.9 Å². The van der Waals surface area contributed by atoms with Crippen LogP contribution in [0.2, 0.25) is 0 Å². The molecule has 7 nitrogen and oxygen atoms in total. The molecule has 3 N–H and O–H groups in total. The van der Waals surface area contributed by atoms with Crippen molar-refractivity contribution < 1.29 is 27.6 Å². The van der Waals surface area contributed by atoms with Crippen molar-refractivity contribution in [1.82, 2.24) is 20.9 Å². The van der Waals surface area contributed by atoms with E-state index >= 15 is 0 Å². The van der Waals surface area contributed by atoms with Crippen LogP contribution in [0.25, 0.3) is 11.1 Å². The van der Waals surface area contributed by atoms with Gasteiger partial charge < -0.3 is 10.6 Å². The lowest BCUT2D eigenvalue weighted by Gasteiger charge is -2.31. The molecule has 162 valence electrons. The highest BCUT2D eigenvalue weighted by Gasteiger charge is 2.66. The van der Waals surface area contributed by atoms with Gasteiger partial charge in [-0.2, -0.15) is 13.2 Å². The van der Waals surface area contributed by atoms with Gasteiger partial charge in [-0.25, -0.2) is 4.79 Å². The summed E-state index contributed by atoms with van der Waals surface area (Å²) in [5.41, 5.74) is -1.67. The molecule has 0 radical (unpaired) electrons. The van der Waals surface area contributed by atoms with Gasteiger partial charge in [0.2, 0.25) is 0 Å². The summed E-state index contributed by atoms with van der Waals surface area (Å²) in [5, 5.41) is 7.30. The molecule has 11 heteroatoms. The van der Waals surface area contributed by atoms with Crippen molar-refractivity contribution >= 4 is 29.4 Å². The number of halogens is 4. The molecule has 1 saturated carbocycles. The van der Waals surface area contributed by atoms with E-state index in [1.165, 1.54) is 12.1 Å². The molecular formula is C20H16ClF3N4O3. The molecule has 0 spiro atoms. The van der Waals surface area contributed by atoms with Crippen molar-refractivity contribution in [3.8, 4) is 11.1 Å². The maximum Gasteiger partial charge on any atom is 0.433 e. The maximum absolute atomic E-state index is 12.9. The largest absolute Gasteiger partial charge is 0.433 e. The summed E-state index contributed by atoms with van der Waals surface area (Å²) in [5.74, 6) is -1.20. The number of hydrogen-bond donors (Lipinski definition) is 3. The zero-order chi connectivity index (χ0) is 22.4. The molecule has 4 rings (SSSR count).